The summed E-state index contributed by atoms with van der Waals surface area (Å²) in [5.74, 6) is -0.150. The van der Waals surface area contributed by atoms with Gasteiger partial charge in [-0.15, -0.1) is 0 Å². The van der Waals surface area contributed by atoms with Crippen LogP contribution >= 0.6 is 0 Å². The van der Waals surface area contributed by atoms with Gasteiger partial charge >= 0.3 is 0 Å². The van der Waals surface area contributed by atoms with Crippen LogP contribution in [-0.4, -0.2) is 36.3 Å². The summed E-state index contributed by atoms with van der Waals surface area (Å²) in [5.41, 5.74) is 7.19. The molecule has 1 aliphatic heterocycles. The number of hydrogen-bond donors (Lipinski definition) is 2. The van der Waals surface area contributed by atoms with Gasteiger partial charge in [-0.25, -0.2) is 9.97 Å². The molecule has 0 saturated heterocycles. The molecule has 10 nitrogen and oxygen atoms in total. The minimum absolute atomic E-state index is 0.0533. The van der Waals surface area contributed by atoms with E-state index in [0.717, 1.165) is 40.1 Å². The molecule has 0 aliphatic carbocycles. The van der Waals surface area contributed by atoms with Crippen molar-refractivity contribution in [2.75, 3.05) is 6.54 Å². The molecule has 3 unspecified atom stereocenters. The maximum absolute atomic E-state index is 12.0. The molecule has 10 heteroatoms. The Hall–Kier alpha value is -5.58. The zero-order chi connectivity index (χ0) is 29.8. The lowest BCUT2D eigenvalue weighted by Gasteiger charge is -2.45. The van der Waals surface area contributed by atoms with Gasteiger partial charge < -0.3 is 9.97 Å². The predicted molar refractivity (Wildman–Crippen MR) is 159 cm³/mol. The first-order chi connectivity index (χ1) is 21.0. The Bertz CT molecular complexity index is 1780. The second-order valence-corrected chi connectivity index (χ2v) is 10.7. The highest BCUT2D eigenvalue weighted by Crippen LogP contribution is 2.46. The van der Waals surface area contributed by atoms with Crippen molar-refractivity contribution in [2.24, 2.45) is 0 Å². The highest BCUT2D eigenvalue weighted by atomic mass is 16.6. The molecule has 3 heterocycles. The minimum atomic E-state index is -0.342. The smallest absolute Gasteiger partial charge is 0.269 e. The zero-order valence-electron chi connectivity index (χ0n) is 23.2. The molecule has 0 saturated carbocycles. The van der Waals surface area contributed by atoms with Crippen LogP contribution in [0.15, 0.2) is 91.8 Å². The lowest BCUT2D eigenvalue weighted by atomic mass is 9.78. The fraction of sp³-hybridized carbons (Fsp3) is 0.212. The Kier molecular flexibility index (Phi) is 7.77. The van der Waals surface area contributed by atoms with E-state index in [2.05, 4.69) is 37.0 Å². The summed E-state index contributed by atoms with van der Waals surface area (Å²) in [6, 6.07) is 24.3. The van der Waals surface area contributed by atoms with Crippen LogP contribution in [0.25, 0.3) is 0 Å². The van der Waals surface area contributed by atoms with Gasteiger partial charge in [-0.05, 0) is 65.8 Å². The summed E-state index contributed by atoms with van der Waals surface area (Å²) in [6.07, 6.45) is 8.97. The number of benzene rings is 3. The number of nitro groups is 1. The van der Waals surface area contributed by atoms with Crippen molar-refractivity contribution in [3.05, 3.63) is 147 Å². The van der Waals surface area contributed by atoms with E-state index in [1.165, 1.54) is 0 Å². The van der Waals surface area contributed by atoms with Gasteiger partial charge in [0, 0.05) is 48.7 Å². The van der Waals surface area contributed by atoms with Crippen LogP contribution < -0.4 is 0 Å². The molecule has 5 aromatic rings. The van der Waals surface area contributed by atoms with Crippen molar-refractivity contribution >= 4 is 5.69 Å². The molecule has 212 valence electrons. The summed E-state index contributed by atoms with van der Waals surface area (Å²) in [6.45, 7) is 0.716. The molecule has 1 aliphatic rings. The fourth-order valence-corrected chi connectivity index (χ4v) is 6.19. The monoisotopic (exact) mass is 568 g/mol. The van der Waals surface area contributed by atoms with Crippen molar-refractivity contribution < 1.29 is 4.92 Å². The van der Waals surface area contributed by atoms with Gasteiger partial charge in [0.2, 0.25) is 0 Å². The van der Waals surface area contributed by atoms with E-state index in [9.17, 15) is 20.6 Å². The number of fused-ring (bicyclic) bond motifs is 1. The summed E-state index contributed by atoms with van der Waals surface area (Å²) in [5, 5.41) is 30.6. The van der Waals surface area contributed by atoms with E-state index < -0.39 is 0 Å². The summed E-state index contributed by atoms with van der Waals surface area (Å²) in [4.78, 5) is 29.4. The summed E-state index contributed by atoms with van der Waals surface area (Å²) < 4.78 is 0. The van der Waals surface area contributed by atoms with Crippen molar-refractivity contribution in [3.63, 3.8) is 0 Å². The predicted octanol–water partition coefficient (Wildman–Crippen LogP) is 5.69. The number of non-ortho nitro benzene ring substituents is 1. The van der Waals surface area contributed by atoms with Gasteiger partial charge in [-0.3, -0.25) is 15.0 Å². The number of rotatable bonds is 9. The number of nitriles is 2. The third kappa shape index (κ3) is 5.78. The number of aromatic amines is 2. The fourth-order valence-electron chi connectivity index (χ4n) is 6.19. The maximum Gasteiger partial charge on any atom is 0.269 e. The topological polar surface area (TPSA) is 151 Å². The molecule has 3 atom stereocenters. The number of nitrogens with zero attached hydrogens (tertiary/aromatic N) is 6. The van der Waals surface area contributed by atoms with Crippen molar-refractivity contribution in [1.82, 2.24) is 24.8 Å². The van der Waals surface area contributed by atoms with Gasteiger partial charge in [0.25, 0.3) is 5.69 Å². The first-order valence-corrected chi connectivity index (χ1v) is 14.0. The number of aromatic nitrogens is 4. The van der Waals surface area contributed by atoms with Crippen molar-refractivity contribution in [3.8, 4) is 12.1 Å². The van der Waals surface area contributed by atoms with Crippen LogP contribution in [0.5, 0.6) is 0 Å². The van der Waals surface area contributed by atoms with Crippen LogP contribution in [0, 0.1) is 32.8 Å². The van der Waals surface area contributed by atoms with Crippen LogP contribution in [0.1, 0.15) is 62.8 Å². The number of nitrogens with one attached hydrogen (secondary N) is 2. The van der Waals surface area contributed by atoms with Crippen LogP contribution in [-0.2, 0) is 19.3 Å². The number of hydrogen-bond acceptors (Lipinski definition) is 7. The Labute approximate surface area is 248 Å². The Balaban J connectivity index is 1.49. The largest absolute Gasteiger partial charge is 0.348 e. The molecule has 0 amide bonds. The van der Waals surface area contributed by atoms with E-state index in [4.69, 9.17) is 0 Å². The molecule has 0 spiro atoms. The van der Waals surface area contributed by atoms with Crippen LogP contribution in [0.4, 0.5) is 5.69 Å². The Morgan fingerprint density at radius 1 is 0.884 bits per heavy atom. The lowest BCUT2D eigenvalue weighted by Crippen LogP contribution is -2.42. The minimum Gasteiger partial charge on any atom is -0.348 e. The van der Waals surface area contributed by atoms with E-state index in [1.807, 2.05) is 67.0 Å². The number of H-pyrrole nitrogens is 2. The second kappa shape index (κ2) is 12.1. The van der Waals surface area contributed by atoms with Crippen LogP contribution in [0.2, 0.25) is 0 Å². The molecule has 3 aromatic carbocycles. The molecule has 43 heavy (non-hydrogen) atoms. The number of nitro benzene ring substituents is 1. The summed E-state index contributed by atoms with van der Waals surface area (Å²) in [7, 11) is 0. The second-order valence-electron chi connectivity index (χ2n) is 10.7. The molecule has 2 N–H and O–H groups in total. The van der Waals surface area contributed by atoms with Gasteiger partial charge in [-0.2, -0.15) is 10.5 Å². The SMILES string of the molecule is N#Cc1ccc(CC(c2cnc[nH]2)C2c3cc([N+](=O)[O-])ccc3CCN2C(Cc2ccc(C#N)cc2)c2cnc[nH]2)cc1. The van der Waals surface area contributed by atoms with E-state index in [1.54, 1.807) is 24.8 Å². The third-order valence-electron chi connectivity index (χ3n) is 8.28. The normalized spacial score (nSPS) is 16.0. The van der Waals surface area contributed by atoms with Gasteiger partial charge in [0.15, 0.2) is 0 Å². The molecule has 0 bridgehead atoms. The zero-order valence-corrected chi connectivity index (χ0v) is 23.2. The Morgan fingerprint density at radius 3 is 2.05 bits per heavy atom. The summed E-state index contributed by atoms with van der Waals surface area (Å²) >= 11 is 0. The average molecular weight is 569 g/mol. The standard InChI is InChI=1S/C33H28N8O2/c34-16-24-5-1-22(2-6-24)13-29(30-18-36-20-38-30)33-28-15-27(41(42)43)10-9-26(28)11-12-40(33)32(31-19-37-21-39-31)14-23-3-7-25(17-35)8-4-23/h1-10,15,18-21,29,32-33H,11-14H2,(H,36,38)(H,37,39). The quantitative estimate of drug-likeness (QED) is 0.171. The molecule has 6 rings (SSSR count). The molecular formula is C33H28N8O2. The van der Waals surface area contributed by atoms with E-state index in [0.29, 0.717) is 30.5 Å². The molecular weight excluding hydrogens is 540 g/mol. The molecule has 0 fully saturated rings. The highest BCUT2D eigenvalue weighted by Gasteiger charge is 2.40. The van der Waals surface area contributed by atoms with Gasteiger partial charge in [0.05, 0.1) is 52.6 Å². The lowest BCUT2D eigenvalue weighted by molar-refractivity contribution is -0.385. The first-order valence-electron chi connectivity index (χ1n) is 14.0. The van der Waals surface area contributed by atoms with Crippen LogP contribution in [0.3, 0.4) is 0 Å². The molecule has 2 aromatic heterocycles. The maximum atomic E-state index is 12.0. The highest BCUT2D eigenvalue weighted by molar-refractivity contribution is 5.45. The number of imidazole rings is 2. The van der Waals surface area contributed by atoms with Gasteiger partial charge in [-0.1, -0.05) is 30.3 Å². The third-order valence-corrected chi connectivity index (χ3v) is 8.28. The average Bonchev–Trinajstić information content (AvgIpc) is 3.78. The molecule has 0 radical (unpaired) electrons. The van der Waals surface area contributed by atoms with Gasteiger partial charge in [0.1, 0.15) is 0 Å². The Morgan fingerprint density at radius 2 is 1.49 bits per heavy atom. The van der Waals surface area contributed by atoms with Crippen molar-refractivity contribution in [1.29, 1.82) is 10.5 Å². The van der Waals surface area contributed by atoms with E-state index in [-0.39, 0.29) is 28.6 Å². The van der Waals surface area contributed by atoms with E-state index >= 15 is 0 Å². The van der Waals surface area contributed by atoms with Crippen molar-refractivity contribution in [2.45, 2.75) is 37.3 Å². The first kappa shape index (κ1) is 27.6.